The molecule has 7 heteroatoms. The molecule has 0 aliphatic carbocycles. The van der Waals surface area contributed by atoms with Gasteiger partial charge in [-0.15, -0.1) is 0 Å². The van der Waals surface area contributed by atoms with Gasteiger partial charge >= 0.3 is 0 Å². The van der Waals surface area contributed by atoms with Crippen LogP contribution < -0.4 is 16.8 Å². The lowest BCUT2D eigenvalue weighted by Crippen LogP contribution is -2.44. The summed E-state index contributed by atoms with van der Waals surface area (Å²) in [6, 6.07) is 1.72. The zero-order valence-corrected chi connectivity index (χ0v) is 11.2. The molecule has 102 valence electrons. The van der Waals surface area contributed by atoms with Crippen molar-refractivity contribution in [2.75, 3.05) is 0 Å². The number of nitrogens with zero attached hydrogens (tertiary/aromatic N) is 3. The Balaban J connectivity index is 2.44. The van der Waals surface area contributed by atoms with Gasteiger partial charge in [0.05, 0.1) is 11.1 Å². The van der Waals surface area contributed by atoms with Crippen molar-refractivity contribution in [3.05, 3.63) is 34.5 Å². The number of aromatic nitrogens is 3. The van der Waals surface area contributed by atoms with E-state index in [1.54, 1.807) is 32.3 Å². The molecular formula is C12H17N5O2. The summed E-state index contributed by atoms with van der Waals surface area (Å²) in [5, 5.41) is 4.17. The Bertz CT molecular complexity index is 683. The highest BCUT2D eigenvalue weighted by Gasteiger charge is 2.28. The second-order valence-corrected chi connectivity index (χ2v) is 5.20. The van der Waals surface area contributed by atoms with Gasteiger partial charge in [0.1, 0.15) is 5.52 Å². The third-order valence-corrected chi connectivity index (χ3v) is 3.04. The molecule has 2 aromatic heterocycles. The number of nitrogens with one attached hydrogen (secondary N) is 1. The molecule has 2 aromatic rings. The first-order chi connectivity index (χ1) is 8.85. The van der Waals surface area contributed by atoms with E-state index in [0.29, 0.717) is 5.52 Å². The molecule has 0 aliphatic heterocycles. The standard InChI is InChI=1S/C12H17N5O2/c1-8-6-9-10(18)16(4-5-17(9)15-8)7-12(2,3)11(19)14-13/h4-6H,7,13H2,1-3H3,(H,14,19). The summed E-state index contributed by atoms with van der Waals surface area (Å²) in [4.78, 5) is 23.9. The van der Waals surface area contributed by atoms with Crippen LogP contribution in [0.15, 0.2) is 23.3 Å². The first-order valence-corrected chi connectivity index (χ1v) is 5.91. The van der Waals surface area contributed by atoms with Gasteiger partial charge in [-0.05, 0) is 26.8 Å². The fourth-order valence-electron chi connectivity index (χ4n) is 1.97. The van der Waals surface area contributed by atoms with Crippen LogP contribution in [0.25, 0.3) is 5.52 Å². The third kappa shape index (κ3) is 2.37. The molecule has 19 heavy (non-hydrogen) atoms. The maximum atomic E-state index is 12.3. The van der Waals surface area contributed by atoms with Crippen molar-refractivity contribution in [1.29, 1.82) is 0 Å². The fourth-order valence-corrected chi connectivity index (χ4v) is 1.97. The predicted octanol–water partition coefficient (Wildman–Crippen LogP) is -0.179. The molecule has 0 unspecified atom stereocenters. The van der Waals surface area contributed by atoms with E-state index in [0.717, 1.165) is 5.69 Å². The molecule has 0 atom stereocenters. The highest BCUT2D eigenvalue weighted by molar-refractivity contribution is 5.81. The van der Waals surface area contributed by atoms with Crippen LogP contribution in [-0.2, 0) is 11.3 Å². The van der Waals surface area contributed by atoms with Gasteiger partial charge in [-0.1, -0.05) is 0 Å². The lowest BCUT2D eigenvalue weighted by atomic mass is 9.92. The van der Waals surface area contributed by atoms with Gasteiger partial charge in [0.15, 0.2) is 0 Å². The maximum Gasteiger partial charge on any atom is 0.276 e. The zero-order valence-electron chi connectivity index (χ0n) is 11.2. The van der Waals surface area contributed by atoms with E-state index in [-0.39, 0.29) is 18.0 Å². The minimum Gasteiger partial charge on any atom is -0.311 e. The molecule has 2 heterocycles. The molecule has 0 saturated heterocycles. The minimum atomic E-state index is -0.772. The lowest BCUT2D eigenvalue weighted by Gasteiger charge is -2.23. The monoisotopic (exact) mass is 263 g/mol. The van der Waals surface area contributed by atoms with Crippen LogP contribution in [0.2, 0.25) is 0 Å². The van der Waals surface area contributed by atoms with E-state index in [9.17, 15) is 9.59 Å². The van der Waals surface area contributed by atoms with Gasteiger partial charge in [-0.2, -0.15) is 5.10 Å². The van der Waals surface area contributed by atoms with Gasteiger partial charge in [-0.25, -0.2) is 10.4 Å². The molecule has 3 N–H and O–H groups in total. The molecule has 0 spiro atoms. The SMILES string of the molecule is Cc1cc2c(=O)n(CC(C)(C)C(=O)NN)ccn2n1. The average Bonchev–Trinajstić information content (AvgIpc) is 2.73. The summed E-state index contributed by atoms with van der Waals surface area (Å²) in [7, 11) is 0. The van der Waals surface area contributed by atoms with Crippen LogP contribution in [0.4, 0.5) is 0 Å². The number of fused-ring (bicyclic) bond motifs is 1. The highest BCUT2D eigenvalue weighted by atomic mass is 16.2. The summed E-state index contributed by atoms with van der Waals surface area (Å²) in [5.74, 6) is 4.83. The number of carbonyl (C=O) groups is 1. The Morgan fingerprint density at radius 1 is 1.47 bits per heavy atom. The van der Waals surface area contributed by atoms with E-state index < -0.39 is 5.41 Å². The second-order valence-electron chi connectivity index (χ2n) is 5.20. The first-order valence-electron chi connectivity index (χ1n) is 5.91. The van der Waals surface area contributed by atoms with Crippen molar-refractivity contribution in [2.45, 2.75) is 27.3 Å². The highest BCUT2D eigenvalue weighted by Crippen LogP contribution is 2.17. The van der Waals surface area contributed by atoms with Crippen LogP contribution in [0.3, 0.4) is 0 Å². The number of rotatable bonds is 3. The fraction of sp³-hybridized carbons (Fsp3) is 0.417. The van der Waals surface area contributed by atoms with Crippen LogP contribution in [0.5, 0.6) is 0 Å². The van der Waals surface area contributed by atoms with Gasteiger partial charge in [0, 0.05) is 18.9 Å². The smallest absolute Gasteiger partial charge is 0.276 e. The van der Waals surface area contributed by atoms with Crippen LogP contribution >= 0.6 is 0 Å². The Morgan fingerprint density at radius 2 is 2.16 bits per heavy atom. The van der Waals surface area contributed by atoms with Crippen LogP contribution in [-0.4, -0.2) is 20.1 Å². The van der Waals surface area contributed by atoms with Crippen molar-refractivity contribution in [1.82, 2.24) is 19.6 Å². The molecule has 0 aromatic carbocycles. The molecule has 1 amide bonds. The van der Waals surface area contributed by atoms with Gasteiger partial charge in [-0.3, -0.25) is 15.0 Å². The molecule has 2 rings (SSSR count). The average molecular weight is 263 g/mol. The topological polar surface area (TPSA) is 94.4 Å². The van der Waals surface area contributed by atoms with Crippen LogP contribution in [0.1, 0.15) is 19.5 Å². The van der Waals surface area contributed by atoms with Gasteiger partial charge < -0.3 is 4.57 Å². The van der Waals surface area contributed by atoms with E-state index in [1.165, 1.54) is 9.08 Å². The third-order valence-electron chi connectivity index (χ3n) is 3.04. The van der Waals surface area contributed by atoms with Gasteiger partial charge in [0.2, 0.25) is 5.91 Å². The van der Waals surface area contributed by atoms with Crippen molar-refractivity contribution >= 4 is 11.4 Å². The van der Waals surface area contributed by atoms with Crippen molar-refractivity contribution in [3.63, 3.8) is 0 Å². The number of hydrogen-bond acceptors (Lipinski definition) is 4. The number of aryl methyl sites for hydroxylation is 1. The van der Waals surface area contributed by atoms with E-state index in [2.05, 4.69) is 10.5 Å². The second kappa shape index (κ2) is 4.51. The zero-order chi connectivity index (χ0) is 14.2. The maximum absolute atomic E-state index is 12.3. The summed E-state index contributed by atoms with van der Waals surface area (Å²) in [5.41, 5.74) is 2.42. The summed E-state index contributed by atoms with van der Waals surface area (Å²) < 4.78 is 3.02. The first kappa shape index (κ1) is 13.3. The summed E-state index contributed by atoms with van der Waals surface area (Å²) in [6.45, 7) is 5.53. The Morgan fingerprint density at radius 3 is 2.79 bits per heavy atom. The van der Waals surface area contributed by atoms with Crippen molar-refractivity contribution < 1.29 is 4.79 Å². The lowest BCUT2D eigenvalue weighted by molar-refractivity contribution is -0.130. The van der Waals surface area contributed by atoms with E-state index >= 15 is 0 Å². The summed E-state index contributed by atoms with van der Waals surface area (Å²) in [6.07, 6.45) is 3.31. The van der Waals surface area contributed by atoms with Crippen LogP contribution in [0, 0.1) is 12.3 Å². The van der Waals surface area contributed by atoms with Gasteiger partial charge in [0.25, 0.3) is 5.56 Å². The number of hydrazine groups is 1. The minimum absolute atomic E-state index is 0.180. The van der Waals surface area contributed by atoms with Crippen molar-refractivity contribution in [3.8, 4) is 0 Å². The molecule has 0 saturated carbocycles. The van der Waals surface area contributed by atoms with E-state index in [1.807, 2.05) is 6.92 Å². The molecule has 7 nitrogen and oxygen atoms in total. The van der Waals surface area contributed by atoms with E-state index in [4.69, 9.17) is 5.84 Å². The molecule has 0 bridgehead atoms. The quantitative estimate of drug-likeness (QED) is 0.456. The predicted molar refractivity (Wildman–Crippen MR) is 70.3 cm³/mol. The Labute approximate surface area is 110 Å². The Kier molecular flexibility index (Phi) is 3.15. The summed E-state index contributed by atoms with van der Waals surface area (Å²) >= 11 is 0. The number of amides is 1. The molecule has 0 aliphatic rings. The molecular weight excluding hydrogens is 246 g/mol. The number of hydrogen-bond donors (Lipinski definition) is 2. The number of nitrogens with two attached hydrogens (primary N) is 1. The molecule has 0 fully saturated rings. The van der Waals surface area contributed by atoms with Crippen molar-refractivity contribution in [2.24, 2.45) is 11.3 Å². The normalized spacial score (nSPS) is 11.8. The number of carbonyl (C=O) groups excluding carboxylic acids is 1. The Hall–Kier alpha value is -2.15. The largest absolute Gasteiger partial charge is 0.311 e. The molecule has 0 radical (unpaired) electrons.